The Hall–Kier alpha value is -0.130. The Morgan fingerprint density at radius 3 is 2.40 bits per heavy atom. The maximum Gasteiger partial charge on any atom is 0.232 e. The summed E-state index contributed by atoms with van der Waals surface area (Å²) in [6, 6.07) is 11.8. The number of hydrogen-bond donors (Lipinski definition) is 0. The van der Waals surface area contributed by atoms with Crippen LogP contribution in [0.2, 0.25) is 0 Å². The number of rotatable bonds is 4. The number of benzene rings is 1. The van der Waals surface area contributed by atoms with E-state index in [-0.39, 0.29) is 0 Å². The third-order valence-electron chi connectivity index (χ3n) is 2.36. The molecule has 0 saturated heterocycles. The van der Waals surface area contributed by atoms with E-state index in [0.29, 0.717) is 16.6 Å². The van der Waals surface area contributed by atoms with Crippen molar-refractivity contribution in [1.29, 1.82) is 0 Å². The highest BCUT2D eigenvalue weighted by molar-refractivity contribution is 7.98. The van der Waals surface area contributed by atoms with E-state index in [9.17, 15) is 0 Å². The van der Waals surface area contributed by atoms with E-state index in [0.717, 1.165) is 5.69 Å². The van der Waals surface area contributed by atoms with Crippen LogP contribution in [0.15, 0.2) is 46.5 Å². The minimum absolute atomic E-state index is 0.408. The molecule has 1 heterocycles. The van der Waals surface area contributed by atoms with Crippen LogP contribution >= 0.6 is 58.3 Å². The summed E-state index contributed by atoms with van der Waals surface area (Å²) in [4.78, 5) is 9.83. The molecule has 0 aliphatic heterocycles. The van der Waals surface area contributed by atoms with E-state index in [1.54, 1.807) is 17.8 Å². The lowest BCUT2D eigenvalue weighted by molar-refractivity contribution is 0.873. The van der Waals surface area contributed by atoms with Crippen molar-refractivity contribution in [1.82, 2.24) is 9.97 Å². The molecule has 20 heavy (non-hydrogen) atoms. The third kappa shape index (κ3) is 4.71. The molecule has 0 fully saturated rings. The summed E-state index contributed by atoms with van der Waals surface area (Å²) in [7, 11) is 0. The summed E-state index contributed by atoms with van der Waals surface area (Å²) >= 11 is 20.8. The second-order valence-electron chi connectivity index (χ2n) is 3.83. The molecule has 0 unspecified atom stereocenters. The molecule has 2 nitrogen and oxygen atoms in total. The summed E-state index contributed by atoms with van der Waals surface area (Å²) < 4.78 is -1.53. The standard InChI is InChI=1S/C13H11Cl3N2S2/c1-19-12-17-9(7-11(18-12)13(14,15)16)8-20-10-5-3-2-4-6-10/h2-7H,8H2,1H3. The minimum atomic E-state index is -1.53. The lowest BCUT2D eigenvalue weighted by Crippen LogP contribution is -2.07. The van der Waals surface area contributed by atoms with Crippen LogP contribution in [0.4, 0.5) is 0 Å². The monoisotopic (exact) mass is 364 g/mol. The fourth-order valence-electron chi connectivity index (χ4n) is 1.46. The van der Waals surface area contributed by atoms with Crippen molar-refractivity contribution >= 4 is 58.3 Å². The number of aromatic nitrogens is 2. The number of thioether (sulfide) groups is 2. The Morgan fingerprint density at radius 1 is 1.10 bits per heavy atom. The normalized spacial score (nSPS) is 11.6. The molecular weight excluding hydrogens is 355 g/mol. The van der Waals surface area contributed by atoms with E-state index in [4.69, 9.17) is 34.8 Å². The molecule has 0 aliphatic rings. The van der Waals surface area contributed by atoms with Gasteiger partial charge >= 0.3 is 0 Å². The zero-order valence-corrected chi connectivity index (χ0v) is 14.4. The molecule has 7 heteroatoms. The fourth-order valence-corrected chi connectivity index (χ4v) is 2.96. The molecule has 0 bridgehead atoms. The van der Waals surface area contributed by atoms with Gasteiger partial charge in [-0.2, -0.15) is 0 Å². The van der Waals surface area contributed by atoms with Gasteiger partial charge in [-0.1, -0.05) is 64.8 Å². The van der Waals surface area contributed by atoms with E-state index in [1.807, 2.05) is 24.5 Å². The molecule has 0 amide bonds. The number of halogens is 3. The SMILES string of the molecule is CSc1nc(CSc2ccccc2)cc(C(Cl)(Cl)Cl)n1. The predicted molar refractivity (Wildman–Crippen MR) is 89.1 cm³/mol. The van der Waals surface area contributed by atoms with Crippen LogP contribution in [0, 0.1) is 0 Å². The first-order valence-corrected chi connectivity index (χ1v) is 9.00. The molecule has 0 saturated carbocycles. The van der Waals surface area contributed by atoms with Crippen LogP contribution < -0.4 is 0 Å². The average Bonchev–Trinajstić information content (AvgIpc) is 2.45. The summed E-state index contributed by atoms with van der Waals surface area (Å²) in [5, 5.41) is 0.609. The van der Waals surface area contributed by atoms with E-state index < -0.39 is 3.79 Å². The molecule has 0 atom stereocenters. The van der Waals surface area contributed by atoms with Crippen LogP contribution in [0.5, 0.6) is 0 Å². The second-order valence-corrected chi connectivity index (χ2v) is 7.93. The Morgan fingerprint density at radius 2 is 1.80 bits per heavy atom. The molecule has 2 aromatic rings. The summed E-state index contributed by atoms with van der Waals surface area (Å²) in [6.07, 6.45) is 1.89. The van der Waals surface area contributed by atoms with Crippen molar-refractivity contribution in [2.75, 3.05) is 6.26 Å². The first-order valence-electron chi connectivity index (χ1n) is 5.66. The van der Waals surface area contributed by atoms with Crippen molar-refractivity contribution in [2.24, 2.45) is 0 Å². The minimum Gasteiger partial charge on any atom is -0.227 e. The first-order chi connectivity index (χ1) is 9.49. The van der Waals surface area contributed by atoms with Gasteiger partial charge < -0.3 is 0 Å². The van der Waals surface area contributed by atoms with Gasteiger partial charge in [-0.05, 0) is 24.5 Å². The summed E-state index contributed by atoms with van der Waals surface area (Å²) in [5.74, 6) is 0.702. The van der Waals surface area contributed by atoms with Crippen molar-refractivity contribution in [3.8, 4) is 0 Å². The second kappa shape index (κ2) is 7.23. The molecule has 1 aromatic carbocycles. The number of alkyl halides is 3. The molecule has 0 aliphatic carbocycles. The molecule has 106 valence electrons. The topological polar surface area (TPSA) is 25.8 Å². The highest BCUT2D eigenvalue weighted by atomic mass is 35.6. The van der Waals surface area contributed by atoms with Gasteiger partial charge in [0, 0.05) is 10.6 Å². The fraction of sp³-hybridized carbons (Fsp3) is 0.231. The largest absolute Gasteiger partial charge is 0.232 e. The van der Waals surface area contributed by atoms with Crippen molar-refractivity contribution < 1.29 is 0 Å². The van der Waals surface area contributed by atoms with E-state index >= 15 is 0 Å². The van der Waals surface area contributed by atoms with Crippen LogP contribution in [0.25, 0.3) is 0 Å². The zero-order chi connectivity index (χ0) is 14.6. The quantitative estimate of drug-likeness (QED) is 0.416. The molecule has 0 N–H and O–H groups in total. The molecule has 1 aromatic heterocycles. The maximum atomic E-state index is 5.90. The molecule has 0 radical (unpaired) electrons. The van der Waals surface area contributed by atoms with Gasteiger partial charge in [0.1, 0.15) is 0 Å². The van der Waals surface area contributed by atoms with E-state index in [2.05, 4.69) is 22.1 Å². The highest BCUT2D eigenvalue weighted by Gasteiger charge is 2.26. The van der Waals surface area contributed by atoms with Gasteiger partial charge in [0.05, 0.1) is 11.4 Å². The molecule has 2 rings (SSSR count). The lowest BCUT2D eigenvalue weighted by atomic mass is 10.3. The van der Waals surface area contributed by atoms with Crippen LogP contribution in [0.3, 0.4) is 0 Å². The summed E-state index contributed by atoms with van der Waals surface area (Å²) in [6.45, 7) is 0. The average molecular weight is 366 g/mol. The van der Waals surface area contributed by atoms with E-state index in [1.165, 1.54) is 16.7 Å². The van der Waals surface area contributed by atoms with Gasteiger partial charge in [0.25, 0.3) is 0 Å². The number of hydrogen-bond acceptors (Lipinski definition) is 4. The maximum absolute atomic E-state index is 5.90. The Bertz CT molecular complexity index is 574. The molecular formula is C13H11Cl3N2S2. The van der Waals surface area contributed by atoms with Crippen LogP contribution in [-0.2, 0) is 9.55 Å². The van der Waals surface area contributed by atoms with Gasteiger partial charge in [-0.15, -0.1) is 11.8 Å². The Kier molecular flexibility index (Phi) is 5.87. The smallest absolute Gasteiger partial charge is 0.227 e. The van der Waals surface area contributed by atoms with Gasteiger partial charge in [-0.3, -0.25) is 0 Å². The predicted octanol–water partition coefficient (Wildman–Crippen LogP) is 5.32. The van der Waals surface area contributed by atoms with Crippen LogP contribution in [-0.4, -0.2) is 16.2 Å². The van der Waals surface area contributed by atoms with Crippen molar-refractivity contribution in [3.05, 3.63) is 47.8 Å². The lowest BCUT2D eigenvalue weighted by Gasteiger charge is -2.12. The third-order valence-corrected chi connectivity index (χ3v) is 4.54. The number of nitrogens with zero attached hydrogens (tertiary/aromatic N) is 2. The molecule has 0 spiro atoms. The van der Waals surface area contributed by atoms with Crippen LogP contribution in [0.1, 0.15) is 11.4 Å². The first kappa shape index (κ1) is 16.2. The van der Waals surface area contributed by atoms with Gasteiger partial charge in [-0.25, -0.2) is 9.97 Å². The Balaban J connectivity index is 2.19. The zero-order valence-electron chi connectivity index (χ0n) is 10.5. The summed E-state index contributed by atoms with van der Waals surface area (Å²) in [5.41, 5.74) is 1.25. The Labute approximate surface area is 141 Å². The van der Waals surface area contributed by atoms with Crippen molar-refractivity contribution in [3.63, 3.8) is 0 Å². The van der Waals surface area contributed by atoms with Gasteiger partial charge in [0.2, 0.25) is 3.79 Å². The van der Waals surface area contributed by atoms with Gasteiger partial charge in [0.15, 0.2) is 5.16 Å². The highest BCUT2D eigenvalue weighted by Crippen LogP contribution is 2.38. The van der Waals surface area contributed by atoms with Crippen molar-refractivity contribution in [2.45, 2.75) is 19.6 Å².